The predicted molar refractivity (Wildman–Crippen MR) is 329 cm³/mol. The van der Waals surface area contributed by atoms with E-state index in [1.165, 1.54) is 0 Å². The van der Waals surface area contributed by atoms with Gasteiger partial charge in [-0.1, -0.05) is 144 Å². The molecule has 0 unspecified atom stereocenters. The van der Waals surface area contributed by atoms with Crippen molar-refractivity contribution in [3.63, 3.8) is 0 Å². The second-order valence-corrected chi connectivity index (χ2v) is 31.3. The fourth-order valence-corrected chi connectivity index (χ4v) is 16.6. The molecule has 14 heteroatoms. The first-order valence-electron chi connectivity index (χ1n) is 28.8. The molecule has 1 aliphatic carbocycles. The van der Waals surface area contributed by atoms with Crippen molar-refractivity contribution in [1.29, 1.82) is 0 Å². The second kappa shape index (κ2) is 29.9. The van der Waals surface area contributed by atoms with Crippen LogP contribution in [0.4, 0.5) is 0 Å². The maximum absolute atomic E-state index is 14.2. The number of hydrogen-bond acceptors (Lipinski definition) is 12. The van der Waals surface area contributed by atoms with Crippen molar-refractivity contribution in [3.05, 3.63) is 167 Å². The molecule has 12 nitrogen and oxygen atoms in total. The molecule has 0 spiro atoms. The fourth-order valence-electron chi connectivity index (χ4n) is 10.6. The largest absolute Gasteiger partial charge is 0.497 e. The third-order valence-electron chi connectivity index (χ3n) is 16.1. The summed E-state index contributed by atoms with van der Waals surface area (Å²) in [7, 11) is 1.06. The van der Waals surface area contributed by atoms with Gasteiger partial charge in [0.1, 0.15) is 53.7 Å². The van der Waals surface area contributed by atoms with E-state index in [4.69, 9.17) is 57.9 Å². The van der Waals surface area contributed by atoms with Gasteiger partial charge in [-0.3, -0.25) is 4.79 Å². The number of rotatable bonds is 31. The summed E-state index contributed by atoms with van der Waals surface area (Å²) >= 11 is 0. The Labute approximate surface area is 491 Å². The molecule has 82 heavy (non-hydrogen) atoms. The average Bonchev–Trinajstić information content (AvgIpc) is 3.11. The van der Waals surface area contributed by atoms with Crippen LogP contribution in [0.2, 0.25) is 36.3 Å². The lowest BCUT2D eigenvalue weighted by Gasteiger charge is -2.46. The van der Waals surface area contributed by atoms with Gasteiger partial charge in [0.25, 0.3) is 0 Å². The van der Waals surface area contributed by atoms with Crippen LogP contribution in [0.5, 0.6) is 23.0 Å². The lowest BCUT2D eigenvalue weighted by Crippen LogP contribution is -2.59. The van der Waals surface area contributed by atoms with Gasteiger partial charge in [-0.25, -0.2) is 0 Å². The van der Waals surface area contributed by atoms with Gasteiger partial charge in [0, 0.05) is 19.1 Å². The highest BCUT2D eigenvalue weighted by atomic mass is 28.4. The average molecular weight is 1150 g/mol. The summed E-state index contributed by atoms with van der Waals surface area (Å²) in [6, 6.07) is 47.7. The van der Waals surface area contributed by atoms with Crippen molar-refractivity contribution < 1.29 is 56.3 Å². The number of terminal acetylenes is 1. The Morgan fingerprint density at radius 2 is 1.16 bits per heavy atom. The summed E-state index contributed by atoms with van der Waals surface area (Å²) in [6.45, 7) is 18.2. The first-order valence-corrected chi connectivity index (χ1v) is 33.9. The van der Waals surface area contributed by atoms with Gasteiger partial charge < -0.3 is 51.5 Å². The predicted octanol–water partition coefficient (Wildman–Crippen LogP) is 14.1. The maximum Gasteiger partial charge on any atom is 0.311 e. The van der Waals surface area contributed by atoms with E-state index in [0.717, 1.165) is 58.5 Å². The molecule has 0 saturated carbocycles. The zero-order valence-corrected chi connectivity index (χ0v) is 52.8. The van der Waals surface area contributed by atoms with Crippen LogP contribution in [0.25, 0.3) is 0 Å². The van der Waals surface area contributed by atoms with Crippen molar-refractivity contribution in [3.8, 4) is 47.2 Å². The molecule has 0 aromatic heterocycles. The van der Waals surface area contributed by atoms with Crippen molar-refractivity contribution >= 4 is 22.6 Å². The van der Waals surface area contributed by atoms with Crippen LogP contribution >= 0.6 is 0 Å². The van der Waals surface area contributed by atoms with E-state index in [1.54, 1.807) is 28.4 Å². The quantitative estimate of drug-likeness (QED) is 0.0138. The topological polar surface area (TPSA) is 119 Å². The van der Waals surface area contributed by atoms with E-state index in [-0.39, 0.29) is 33.0 Å². The normalized spacial score (nSPS) is 17.0. The van der Waals surface area contributed by atoms with Crippen LogP contribution in [0, 0.1) is 29.6 Å². The first kappa shape index (κ1) is 65.0. The summed E-state index contributed by atoms with van der Waals surface area (Å²) in [4.78, 5) is 14.2. The number of hydrogen-bond donors (Lipinski definition) is 0. The summed E-state index contributed by atoms with van der Waals surface area (Å²) < 4.78 is 73.6. The second-order valence-electron chi connectivity index (χ2n) is 21.9. The minimum atomic E-state index is -2.86. The fraction of sp³-hybridized carbons (Fsp3) is 0.456. The minimum absolute atomic E-state index is 0.00728. The van der Waals surface area contributed by atoms with Crippen LogP contribution in [-0.2, 0) is 49.5 Å². The van der Waals surface area contributed by atoms with Gasteiger partial charge in [-0.15, -0.1) is 6.42 Å². The van der Waals surface area contributed by atoms with Crippen molar-refractivity contribution in [2.24, 2.45) is 5.41 Å². The molecule has 0 fully saturated rings. The zero-order valence-electron chi connectivity index (χ0n) is 50.8. The number of carbonyl (C=O) groups is 1. The van der Waals surface area contributed by atoms with Gasteiger partial charge in [-0.05, 0) is 134 Å². The summed E-state index contributed by atoms with van der Waals surface area (Å²) in [6.07, 6.45) is 6.36. The summed E-state index contributed by atoms with van der Waals surface area (Å²) in [5.74, 6) is 12.9. The monoisotopic (exact) mass is 1150 g/mol. The molecule has 0 aliphatic heterocycles. The lowest BCUT2D eigenvalue weighted by atomic mass is 9.79. The van der Waals surface area contributed by atoms with E-state index in [0.29, 0.717) is 28.6 Å². The van der Waals surface area contributed by atoms with Crippen LogP contribution in [0.15, 0.2) is 145 Å². The Bertz CT molecular complexity index is 2820. The molecular formula is C68H88O12Si2. The third kappa shape index (κ3) is 15.3. The van der Waals surface area contributed by atoms with Gasteiger partial charge in [0.2, 0.25) is 0 Å². The molecule has 1 aliphatic rings. The molecule has 0 heterocycles. The number of para-hydroxylation sites is 1. The molecule has 5 aromatic rings. The van der Waals surface area contributed by atoms with Crippen LogP contribution in [-0.4, -0.2) is 101 Å². The Balaban J connectivity index is 1.77. The molecule has 0 amide bonds. The molecule has 6 rings (SSSR count). The van der Waals surface area contributed by atoms with Crippen molar-refractivity contribution in [1.82, 2.24) is 0 Å². The number of methoxy groups -OCH3 is 4. The Kier molecular flexibility index (Phi) is 23.7. The SMILES string of the molecule is C#C[C@@H](Oc1ccccc1)[C@@]1(O[Si](CC)(CC)CC)C[C@H](OCOC)C=C1C#C[C@@](COC(c1ccccc1)(c1ccc(OC)cc1)c1ccc(OC)cc1)(O[Si](CC)(CC)CC)[C@H](COC(=O)C(C)(C)C)OCc1ccc(OC)cc1. The van der Waals surface area contributed by atoms with Crippen molar-refractivity contribution in [2.45, 2.75) is 147 Å². The lowest BCUT2D eigenvalue weighted by molar-refractivity contribution is -0.172. The smallest absolute Gasteiger partial charge is 0.311 e. The Morgan fingerprint density at radius 3 is 1.63 bits per heavy atom. The van der Waals surface area contributed by atoms with Gasteiger partial charge in [0.15, 0.2) is 28.3 Å². The Hall–Kier alpha value is -6.18. The maximum atomic E-state index is 14.2. The van der Waals surface area contributed by atoms with Gasteiger partial charge in [-0.2, -0.15) is 0 Å². The standard InChI is InChI=1S/C68H88O12Si2/c1-15-62(78-60-30-26-23-27-31-60)67(80-82(19-5,20-6)21-7)47-61(76-51-70-11)46-56(67)44-45-66(79-81(16-2,17-3)18-4,63(49-75-64(69)65(8,9)10)74-48-52-32-38-57(71-12)39-33-52)50-77-68(53-28-24-22-25-29-53,54-34-40-58(72-13)41-35-54)55-36-42-59(73-14)43-37-55/h1,22-43,46,61-63H,16-21,47-51H2,2-14H3/t61-,62-,63+,66+,67-/m1/s1. The molecular weight excluding hydrogens is 1060 g/mol. The van der Waals surface area contributed by atoms with Crippen LogP contribution in [0.3, 0.4) is 0 Å². The number of ether oxygens (including phenoxy) is 9. The molecule has 0 saturated heterocycles. The number of esters is 1. The molecule has 5 atom stereocenters. The number of carbonyl (C=O) groups excluding carboxylic acids is 1. The first-order chi connectivity index (χ1) is 39.5. The minimum Gasteiger partial charge on any atom is -0.497 e. The van der Waals surface area contributed by atoms with Crippen molar-refractivity contribution in [2.75, 3.05) is 48.4 Å². The van der Waals surface area contributed by atoms with E-state index >= 15 is 0 Å². The summed E-state index contributed by atoms with van der Waals surface area (Å²) in [5.41, 5.74) is -1.45. The highest BCUT2D eigenvalue weighted by molar-refractivity contribution is 6.74. The molecule has 0 radical (unpaired) electrons. The van der Waals surface area contributed by atoms with E-state index in [9.17, 15) is 4.79 Å². The molecule has 0 N–H and O–H groups in total. The molecule has 5 aromatic carbocycles. The van der Waals surface area contributed by atoms with E-state index in [2.05, 4.69) is 71.4 Å². The molecule has 440 valence electrons. The van der Waals surface area contributed by atoms with Gasteiger partial charge >= 0.3 is 5.97 Å². The highest BCUT2D eigenvalue weighted by Crippen LogP contribution is 2.47. The number of benzene rings is 5. The van der Waals surface area contributed by atoms with E-state index in [1.807, 2.05) is 148 Å². The Morgan fingerprint density at radius 1 is 0.659 bits per heavy atom. The zero-order chi connectivity index (χ0) is 59.4. The summed E-state index contributed by atoms with van der Waals surface area (Å²) in [5, 5.41) is 0. The third-order valence-corrected chi connectivity index (χ3v) is 25.5. The van der Waals surface area contributed by atoms with Crippen LogP contribution < -0.4 is 18.9 Å². The van der Waals surface area contributed by atoms with Crippen LogP contribution in [0.1, 0.15) is 91.0 Å². The van der Waals surface area contributed by atoms with Gasteiger partial charge in [0.05, 0.1) is 46.1 Å². The highest BCUT2D eigenvalue weighted by Gasteiger charge is 2.55. The molecule has 0 bridgehead atoms. The van der Waals surface area contributed by atoms with E-state index < -0.39 is 63.1 Å².